The lowest BCUT2D eigenvalue weighted by Gasteiger charge is -2.28. The van der Waals surface area contributed by atoms with Crippen LogP contribution in [0.5, 0.6) is 0 Å². The summed E-state index contributed by atoms with van der Waals surface area (Å²) in [4.78, 5) is 2.37. The van der Waals surface area contributed by atoms with Crippen LogP contribution in [0, 0.1) is 0 Å². The van der Waals surface area contributed by atoms with Crippen molar-refractivity contribution in [2.24, 2.45) is 0 Å². The lowest BCUT2D eigenvalue weighted by molar-refractivity contribution is 0.670. The van der Waals surface area contributed by atoms with Gasteiger partial charge in [-0.25, -0.2) is 0 Å². The normalized spacial score (nSPS) is 11.5. The second-order valence-electron chi connectivity index (χ2n) is 16.1. The monoisotopic (exact) mass is 804 g/mol. The second kappa shape index (κ2) is 15.3. The second-order valence-corrected chi connectivity index (χ2v) is 16.1. The van der Waals surface area contributed by atoms with E-state index in [4.69, 9.17) is 4.42 Å². The predicted octanol–water partition coefficient (Wildman–Crippen LogP) is 16.8. The van der Waals surface area contributed by atoms with Gasteiger partial charge in [0.15, 0.2) is 0 Å². The van der Waals surface area contributed by atoms with Crippen LogP contribution in [0.15, 0.2) is 247 Å². The summed E-state index contributed by atoms with van der Waals surface area (Å²) >= 11 is 0. The summed E-state index contributed by atoms with van der Waals surface area (Å²) < 4.78 is 9.00. The van der Waals surface area contributed by atoms with E-state index >= 15 is 0 Å². The maximum atomic E-state index is 6.59. The van der Waals surface area contributed by atoms with Gasteiger partial charge < -0.3 is 13.9 Å². The van der Waals surface area contributed by atoms with Gasteiger partial charge in [-0.05, 0) is 82.4 Å². The van der Waals surface area contributed by atoms with E-state index in [0.717, 1.165) is 61.3 Å². The fraction of sp³-hybridized carbons (Fsp3) is 0. The minimum atomic E-state index is 0.891. The summed E-state index contributed by atoms with van der Waals surface area (Å²) in [6, 6.07) is 87.0. The summed E-state index contributed by atoms with van der Waals surface area (Å²) in [6.07, 6.45) is 0. The largest absolute Gasteiger partial charge is 0.455 e. The number of benzene rings is 10. The Bertz CT molecular complexity index is 3550. The van der Waals surface area contributed by atoms with Crippen molar-refractivity contribution in [3.8, 4) is 50.2 Å². The first-order chi connectivity index (χ1) is 31.3. The molecule has 0 radical (unpaired) electrons. The predicted molar refractivity (Wildman–Crippen MR) is 264 cm³/mol. The van der Waals surface area contributed by atoms with Crippen LogP contribution in [-0.2, 0) is 0 Å². The van der Waals surface area contributed by atoms with Crippen LogP contribution < -0.4 is 4.90 Å². The molecule has 0 fully saturated rings. The van der Waals surface area contributed by atoms with Gasteiger partial charge in [-0.3, -0.25) is 0 Å². The molecule has 296 valence electrons. The quantitative estimate of drug-likeness (QED) is 0.153. The maximum Gasteiger partial charge on any atom is 0.143 e. The van der Waals surface area contributed by atoms with Crippen LogP contribution in [0.1, 0.15) is 0 Å². The van der Waals surface area contributed by atoms with E-state index in [1.807, 2.05) is 12.1 Å². The van der Waals surface area contributed by atoms with Gasteiger partial charge in [-0.2, -0.15) is 0 Å². The molecule has 0 aliphatic carbocycles. The first kappa shape index (κ1) is 36.5. The molecule has 10 aromatic carbocycles. The molecule has 3 nitrogen and oxygen atoms in total. The molecular weight excluding hydrogens is 765 g/mol. The molecule has 3 heteroatoms. The van der Waals surface area contributed by atoms with Crippen LogP contribution in [0.25, 0.3) is 93.9 Å². The molecular formula is C60H40N2O. The van der Waals surface area contributed by atoms with Crippen molar-refractivity contribution in [1.29, 1.82) is 0 Å². The molecule has 2 heterocycles. The molecule has 0 spiro atoms. The first-order valence-corrected chi connectivity index (χ1v) is 21.5. The SMILES string of the molecule is c1ccc(-c2ccc(N(c3ccc(-c4ccc(-c5ccccc5-n5c6ccccc6c6ccccc65)cc4)cc3)c3ccccc3-c3cccc4c3oc3ccccc34)cc2)cc1. The van der Waals surface area contributed by atoms with E-state index in [1.54, 1.807) is 0 Å². The molecule has 0 aliphatic rings. The van der Waals surface area contributed by atoms with Gasteiger partial charge in [0.1, 0.15) is 11.2 Å². The Hall–Kier alpha value is -8.40. The zero-order valence-electron chi connectivity index (χ0n) is 34.4. The third-order valence-corrected chi connectivity index (χ3v) is 12.5. The number of nitrogens with zero attached hydrogens (tertiary/aromatic N) is 2. The first-order valence-electron chi connectivity index (χ1n) is 21.5. The standard InChI is InChI=1S/C60H40N2O/c1-2-15-41(16-3-1)43-33-37-46(38-34-43)61(56-25-10-7-20-51(56)53-22-14-23-54-52-21-8-13-28-59(52)63-60(53)54)47-39-35-44(36-40-47)42-29-31-45(32-30-42)48-17-4-9-24-55(48)62-57-26-11-5-18-49(57)50-19-6-12-27-58(50)62/h1-40H. The van der Waals surface area contributed by atoms with Crippen molar-refractivity contribution in [3.63, 3.8) is 0 Å². The molecule has 0 aliphatic heterocycles. The smallest absolute Gasteiger partial charge is 0.143 e. The summed E-state index contributed by atoms with van der Waals surface area (Å²) in [5, 5.41) is 4.76. The molecule has 12 rings (SSSR count). The van der Waals surface area contributed by atoms with E-state index in [2.05, 4.69) is 240 Å². The summed E-state index contributed by atoms with van der Waals surface area (Å²) in [6.45, 7) is 0. The minimum Gasteiger partial charge on any atom is -0.455 e. The Morgan fingerprint density at radius 1 is 0.302 bits per heavy atom. The Balaban J connectivity index is 0.930. The topological polar surface area (TPSA) is 21.3 Å². The average molecular weight is 805 g/mol. The number of furan rings is 1. The highest BCUT2D eigenvalue weighted by Crippen LogP contribution is 2.45. The maximum absolute atomic E-state index is 6.59. The zero-order chi connectivity index (χ0) is 41.7. The molecule has 0 saturated heterocycles. The summed E-state index contributed by atoms with van der Waals surface area (Å²) in [5.74, 6) is 0. The van der Waals surface area contributed by atoms with E-state index in [9.17, 15) is 0 Å². The third-order valence-electron chi connectivity index (χ3n) is 12.5. The Kier molecular flexibility index (Phi) is 8.83. The Labute approximate surface area is 366 Å². The van der Waals surface area contributed by atoms with Gasteiger partial charge in [-0.15, -0.1) is 0 Å². The molecule has 2 aromatic heterocycles. The highest BCUT2D eigenvalue weighted by atomic mass is 16.3. The van der Waals surface area contributed by atoms with E-state index in [1.165, 1.54) is 49.7 Å². The number of rotatable bonds is 8. The van der Waals surface area contributed by atoms with E-state index in [-0.39, 0.29) is 0 Å². The van der Waals surface area contributed by atoms with Gasteiger partial charge in [0.05, 0.1) is 22.4 Å². The van der Waals surface area contributed by atoms with Crippen LogP contribution in [0.4, 0.5) is 17.1 Å². The molecule has 0 saturated carbocycles. The minimum absolute atomic E-state index is 0.891. The molecule has 0 atom stereocenters. The Morgan fingerprint density at radius 2 is 0.762 bits per heavy atom. The molecule has 63 heavy (non-hydrogen) atoms. The highest BCUT2D eigenvalue weighted by Gasteiger charge is 2.21. The van der Waals surface area contributed by atoms with Crippen molar-refractivity contribution in [2.75, 3.05) is 4.90 Å². The van der Waals surface area contributed by atoms with Crippen molar-refractivity contribution in [1.82, 2.24) is 4.57 Å². The van der Waals surface area contributed by atoms with Gasteiger partial charge in [0.25, 0.3) is 0 Å². The molecule has 0 bridgehead atoms. The lowest BCUT2D eigenvalue weighted by Crippen LogP contribution is -2.11. The third kappa shape index (κ3) is 6.29. The van der Waals surface area contributed by atoms with Crippen LogP contribution in [0.2, 0.25) is 0 Å². The summed E-state index contributed by atoms with van der Waals surface area (Å²) in [5.41, 5.74) is 17.8. The fourth-order valence-corrected chi connectivity index (χ4v) is 9.46. The van der Waals surface area contributed by atoms with Crippen molar-refractivity contribution < 1.29 is 4.42 Å². The van der Waals surface area contributed by atoms with Crippen molar-refractivity contribution >= 4 is 60.8 Å². The van der Waals surface area contributed by atoms with Crippen molar-refractivity contribution in [2.45, 2.75) is 0 Å². The Morgan fingerprint density at radius 3 is 1.43 bits per heavy atom. The number of anilines is 3. The number of hydrogen-bond acceptors (Lipinski definition) is 2. The lowest BCUT2D eigenvalue weighted by atomic mass is 9.98. The zero-order valence-corrected chi connectivity index (χ0v) is 34.4. The molecule has 0 N–H and O–H groups in total. The van der Waals surface area contributed by atoms with Gasteiger partial charge in [0, 0.05) is 49.6 Å². The van der Waals surface area contributed by atoms with Crippen LogP contribution in [0.3, 0.4) is 0 Å². The van der Waals surface area contributed by atoms with Gasteiger partial charge >= 0.3 is 0 Å². The van der Waals surface area contributed by atoms with Crippen LogP contribution >= 0.6 is 0 Å². The number of aromatic nitrogens is 1. The number of fused-ring (bicyclic) bond motifs is 6. The number of hydrogen-bond donors (Lipinski definition) is 0. The van der Waals surface area contributed by atoms with E-state index in [0.29, 0.717) is 0 Å². The fourth-order valence-electron chi connectivity index (χ4n) is 9.46. The van der Waals surface area contributed by atoms with Crippen molar-refractivity contribution in [3.05, 3.63) is 243 Å². The molecule has 12 aromatic rings. The summed E-state index contributed by atoms with van der Waals surface area (Å²) in [7, 11) is 0. The average Bonchev–Trinajstić information content (AvgIpc) is 3.91. The highest BCUT2D eigenvalue weighted by molar-refractivity contribution is 6.11. The van der Waals surface area contributed by atoms with Crippen LogP contribution in [-0.4, -0.2) is 4.57 Å². The van der Waals surface area contributed by atoms with E-state index < -0.39 is 0 Å². The van der Waals surface area contributed by atoms with Gasteiger partial charge in [-0.1, -0.05) is 188 Å². The number of para-hydroxylation sites is 6. The molecule has 0 amide bonds. The van der Waals surface area contributed by atoms with Gasteiger partial charge in [0.2, 0.25) is 0 Å². The molecule has 0 unspecified atom stereocenters.